The van der Waals surface area contributed by atoms with Crippen molar-refractivity contribution in [3.05, 3.63) is 35.4 Å². The molecule has 0 aromatic heterocycles. The van der Waals surface area contributed by atoms with Gasteiger partial charge < -0.3 is 10.1 Å². The molecule has 1 aromatic rings. The molecule has 2 rings (SSSR count). The zero-order valence-electron chi connectivity index (χ0n) is 9.48. The van der Waals surface area contributed by atoms with Crippen LogP contribution >= 0.6 is 0 Å². The van der Waals surface area contributed by atoms with Gasteiger partial charge in [-0.15, -0.1) is 0 Å². The maximum atomic E-state index is 11.5. The third-order valence-corrected chi connectivity index (χ3v) is 2.77. The number of nitrogens with one attached hydrogen (secondary N) is 1. The highest BCUT2D eigenvalue weighted by Gasteiger charge is 2.15. The van der Waals surface area contributed by atoms with Crippen molar-refractivity contribution in [1.29, 1.82) is 5.26 Å². The van der Waals surface area contributed by atoms with E-state index >= 15 is 0 Å². The maximum absolute atomic E-state index is 11.5. The number of Topliss-reactive ketones (excluding diaryl/α,β-unsaturated/α-hetero) is 1. The van der Waals surface area contributed by atoms with E-state index in [1.54, 1.807) is 12.1 Å². The van der Waals surface area contributed by atoms with Crippen molar-refractivity contribution >= 4 is 5.78 Å². The fraction of sp³-hybridized carbons (Fsp3) is 0.385. The first-order chi connectivity index (χ1) is 8.31. The highest BCUT2D eigenvalue weighted by atomic mass is 16.5. The second kappa shape index (κ2) is 5.58. The van der Waals surface area contributed by atoms with Gasteiger partial charge in [-0.25, -0.2) is 0 Å². The van der Waals surface area contributed by atoms with Gasteiger partial charge >= 0.3 is 0 Å². The zero-order chi connectivity index (χ0) is 12.1. The summed E-state index contributed by atoms with van der Waals surface area (Å²) in [5, 5.41) is 11.7. The Labute approximate surface area is 100 Å². The molecule has 0 amide bonds. The third kappa shape index (κ3) is 2.90. The standard InChI is InChI=1S/C13H14N2O2/c14-6-5-12(16)10-1-3-11(4-2-10)13-9-15-7-8-17-13/h1-4,13,15H,5,7-9H2. The molecule has 1 unspecified atom stereocenters. The molecule has 88 valence electrons. The number of benzene rings is 1. The van der Waals surface area contributed by atoms with E-state index < -0.39 is 0 Å². The molecule has 1 heterocycles. The van der Waals surface area contributed by atoms with Gasteiger partial charge in [0, 0.05) is 18.7 Å². The van der Waals surface area contributed by atoms with Gasteiger partial charge in [0.25, 0.3) is 0 Å². The van der Waals surface area contributed by atoms with Crippen LogP contribution in [0.25, 0.3) is 0 Å². The number of ether oxygens (including phenoxy) is 1. The lowest BCUT2D eigenvalue weighted by atomic mass is 10.0. The van der Waals surface area contributed by atoms with Gasteiger partial charge in [0.1, 0.15) is 0 Å². The molecule has 0 bridgehead atoms. The summed E-state index contributed by atoms with van der Waals surface area (Å²) in [7, 11) is 0. The third-order valence-electron chi connectivity index (χ3n) is 2.77. The van der Waals surface area contributed by atoms with Crippen LogP contribution in [-0.4, -0.2) is 25.5 Å². The number of nitriles is 1. The maximum Gasteiger partial charge on any atom is 0.176 e. The minimum absolute atomic E-state index is 0.0591. The predicted molar refractivity (Wildman–Crippen MR) is 62.6 cm³/mol. The van der Waals surface area contributed by atoms with Crippen molar-refractivity contribution in [3.63, 3.8) is 0 Å². The van der Waals surface area contributed by atoms with Crippen LogP contribution in [0.15, 0.2) is 24.3 Å². The van der Waals surface area contributed by atoms with Crippen molar-refractivity contribution < 1.29 is 9.53 Å². The Bertz CT molecular complexity index is 428. The molecule has 1 saturated heterocycles. The highest BCUT2D eigenvalue weighted by molar-refractivity contribution is 5.97. The van der Waals surface area contributed by atoms with Gasteiger partial charge in [0.15, 0.2) is 5.78 Å². The second-order valence-corrected chi connectivity index (χ2v) is 3.94. The molecule has 1 N–H and O–H groups in total. The van der Waals surface area contributed by atoms with E-state index in [4.69, 9.17) is 10.00 Å². The zero-order valence-corrected chi connectivity index (χ0v) is 9.48. The largest absolute Gasteiger partial charge is 0.371 e. The normalized spacial score (nSPS) is 19.6. The van der Waals surface area contributed by atoms with Crippen molar-refractivity contribution in [3.8, 4) is 6.07 Å². The van der Waals surface area contributed by atoms with E-state index in [0.717, 1.165) is 18.7 Å². The number of carbonyl (C=O) groups excluding carboxylic acids is 1. The summed E-state index contributed by atoms with van der Waals surface area (Å²) in [6.45, 7) is 2.39. The van der Waals surface area contributed by atoms with E-state index in [-0.39, 0.29) is 18.3 Å². The molecule has 0 aliphatic carbocycles. The minimum Gasteiger partial charge on any atom is -0.371 e. The van der Waals surface area contributed by atoms with Crippen LogP contribution in [0.1, 0.15) is 28.4 Å². The van der Waals surface area contributed by atoms with Crippen LogP contribution in [0.3, 0.4) is 0 Å². The fourth-order valence-electron chi connectivity index (χ4n) is 1.84. The Morgan fingerprint density at radius 1 is 1.47 bits per heavy atom. The first-order valence-corrected chi connectivity index (χ1v) is 5.63. The van der Waals surface area contributed by atoms with Crippen LogP contribution < -0.4 is 5.32 Å². The number of rotatable bonds is 3. The smallest absolute Gasteiger partial charge is 0.176 e. The van der Waals surface area contributed by atoms with Gasteiger partial charge in [-0.2, -0.15) is 5.26 Å². The first kappa shape index (κ1) is 11.8. The number of ketones is 1. The number of hydrogen-bond acceptors (Lipinski definition) is 4. The molecule has 17 heavy (non-hydrogen) atoms. The Kier molecular flexibility index (Phi) is 3.86. The Morgan fingerprint density at radius 2 is 2.24 bits per heavy atom. The van der Waals surface area contributed by atoms with E-state index in [2.05, 4.69) is 5.32 Å². The van der Waals surface area contributed by atoms with E-state index in [0.29, 0.717) is 12.2 Å². The molecule has 4 heteroatoms. The molecule has 1 aromatic carbocycles. The number of nitrogens with zero attached hydrogens (tertiary/aromatic N) is 1. The minimum atomic E-state index is -0.137. The molecular formula is C13H14N2O2. The monoisotopic (exact) mass is 230 g/mol. The van der Waals surface area contributed by atoms with Crippen LogP contribution in [0.4, 0.5) is 0 Å². The van der Waals surface area contributed by atoms with Gasteiger partial charge in [0.2, 0.25) is 0 Å². The quantitative estimate of drug-likeness (QED) is 0.798. The van der Waals surface area contributed by atoms with Gasteiger partial charge in [-0.05, 0) is 5.56 Å². The van der Waals surface area contributed by atoms with Crippen molar-refractivity contribution in [2.75, 3.05) is 19.7 Å². The molecular weight excluding hydrogens is 216 g/mol. The first-order valence-electron chi connectivity index (χ1n) is 5.63. The van der Waals surface area contributed by atoms with Gasteiger partial charge in [-0.1, -0.05) is 24.3 Å². The average Bonchev–Trinajstić information content (AvgIpc) is 2.40. The topological polar surface area (TPSA) is 62.1 Å². The summed E-state index contributed by atoms with van der Waals surface area (Å²) >= 11 is 0. The molecule has 1 aliphatic rings. The van der Waals surface area contributed by atoms with Crippen LogP contribution in [0, 0.1) is 11.3 Å². The lowest BCUT2D eigenvalue weighted by Crippen LogP contribution is -2.33. The number of carbonyl (C=O) groups is 1. The van der Waals surface area contributed by atoms with E-state index in [1.165, 1.54) is 0 Å². The van der Waals surface area contributed by atoms with Crippen molar-refractivity contribution in [2.45, 2.75) is 12.5 Å². The summed E-state index contributed by atoms with van der Waals surface area (Å²) in [6, 6.07) is 9.16. The lowest BCUT2D eigenvalue weighted by molar-refractivity contribution is 0.0277. The summed E-state index contributed by atoms with van der Waals surface area (Å²) in [4.78, 5) is 11.5. The Hall–Kier alpha value is -1.70. The molecule has 1 aliphatic heterocycles. The van der Waals surface area contributed by atoms with Gasteiger partial charge in [-0.3, -0.25) is 4.79 Å². The predicted octanol–water partition coefficient (Wildman–Crippen LogP) is 1.44. The lowest BCUT2D eigenvalue weighted by Gasteiger charge is -2.23. The van der Waals surface area contributed by atoms with E-state index in [1.807, 2.05) is 18.2 Å². The SMILES string of the molecule is N#CCC(=O)c1ccc(C2CNCCO2)cc1. The molecule has 0 radical (unpaired) electrons. The highest BCUT2D eigenvalue weighted by Crippen LogP contribution is 2.19. The summed E-state index contributed by atoms with van der Waals surface area (Å²) in [6.07, 6.45) is -0.00948. The molecule has 0 saturated carbocycles. The molecule has 1 atom stereocenters. The van der Waals surface area contributed by atoms with Crippen LogP contribution in [-0.2, 0) is 4.74 Å². The van der Waals surface area contributed by atoms with Crippen molar-refractivity contribution in [1.82, 2.24) is 5.32 Å². The second-order valence-electron chi connectivity index (χ2n) is 3.94. The van der Waals surface area contributed by atoms with Gasteiger partial charge in [0.05, 0.1) is 25.2 Å². The Balaban J connectivity index is 2.07. The fourth-order valence-corrected chi connectivity index (χ4v) is 1.84. The molecule has 4 nitrogen and oxygen atoms in total. The van der Waals surface area contributed by atoms with Crippen LogP contribution in [0.5, 0.6) is 0 Å². The average molecular weight is 230 g/mol. The summed E-state index contributed by atoms with van der Waals surface area (Å²) in [5.74, 6) is -0.137. The molecule has 0 spiro atoms. The number of hydrogen-bond donors (Lipinski definition) is 1. The van der Waals surface area contributed by atoms with Crippen molar-refractivity contribution in [2.24, 2.45) is 0 Å². The molecule has 1 fully saturated rings. The van der Waals surface area contributed by atoms with Crippen LogP contribution in [0.2, 0.25) is 0 Å². The van der Waals surface area contributed by atoms with E-state index in [9.17, 15) is 4.79 Å². The summed E-state index contributed by atoms with van der Waals surface area (Å²) in [5.41, 5.74) is 1.64. The summed E-state index contributed by atoms with van der Waals surface area (Å²) < 4.78 is 5.61. The Morgan fingerprint density at radius 3 is 2.82 bits per heavy atom. The number of morpholine rings is 1.